The van der Waals surface area contributed by atoms with Crippen molar-refractivity contribution in [2.75, 3.05) is 0 Å². The van der Waals surface area contributed by atoms with Gasteiger partial charge < -0.3 is 10.2 Å². The lowest BCUT2D eigenvalue weighted by Crippen LogP contribution is -2.25. The normalized spacial score (nSPS) is 16.8. The van der Waals surface area contributed by atoms with Gasteiger partial charge in [-0.05, 0) is 19.3 Å². The highest BCUT2D eigenvalue weighted by Gasteiger charge is 2.12. The molecule has 0 aromatic carbocycles. The van der Waals surface area contributed by atoms with Crippen LogP contribution < -0.4 is 0 Å². The zero-order chi connectivity index (χ0) is 7.98. The fraction of sp³-hybridized carbons (Fsp3) is 0.875. The van der Waals surface area contributed by atoms with Gasteiger partial charge in [0.25, 0.3) is 0 Å². The summed E-state index contributed by atoms with van der Waals surface area (Å²) in [6, 6.07) is 0. The Morgan fingerprint density at radius 3 is 2.30 bits per heavy atom. The van der Waals surface area contributed by atoms with E-state index in [1.165, 1.54) is 0 Å². The van der Waals surface area contributed by atoms with E-state index >= 15 is 0 Å². The quantitative estimate of drug-likeness (QED) is 0.608. The molecule has 0 rings (SSSR count). The van der Waals surface area contributed by atoms with E-state index < -0.39 is 12.2 Å². The van der Waals surface area contributed by atoms with Crippen molar-refractivity contribution in [3.8, 4) is 0 Å². The van der Waals surface area contributed by atoms with Gasteiger partial charge in [0.2, 0.25) is 0 Å². The number of hydrogen-bond donors (Lipinski definition) is 2. The van der Waals surface area contributed by atoms with Gasteiger partial charge in [0.1, 0.15) is 0 Å². The van der Waals surface area contributed by atoms with Gasteiger partial charge in [-0.25, -0.2) is 0 Å². The molecule has 0 aromatic rings. The van der Waals surface area contributed by atoms with Crippen LogP contribution in [-0.4, -0.2) is 22.4 Å². The van der Waals surface area contributed by atoms with E-state index in [0.717, 1.165) is 6.42 Å². The molecule has 0 fully saturated rings. The summed E-state index contributed by atoms with van der Waals surface area (Å²) >= 11 is 0. The predicted octanol–water partition coefficient (Wildman–Crippen LogP) is 1.12. The largest absolute Gasteiger partial charge is 0.390 e. The molecule has 0 bridgehead atoms. The standard InChI is InChI=1S/C8H17O2/c1-3-5-7(9)8(10)6-4-2/h3,7-10H,4-6H2,1-2H3. The van der Waals surface area contributed by atoms with Crippen LogP contribution in [0, 0.1) is 6.42 Å². The first kappa shape index (κ1) is 9.92. The van der Waals surface area contributed by atoms with E-state index in [4.69, 9.17) is 5.11 Å². The van der Waals surface area contributed by atoms with Gasteiger partial charge >= 0.3 is 0 Å². The summed E-state index contributed by atoms with van der Waals surface area (Å²) in [6.45, 7) is 3.87. The van der Waals surface area contributed by atoms with Crippen LogP contribution in [0.3, 0.4) is 0 Å². The molecule has 0 aliphatic heterocycles. The summed E-state index contributed by atoms with van der Waals surface area (Å²) in [5.41, 5.74) is 0. The number of aliphatic hydroxyl groups excluding tert-OH is 2. The molecule has 0 spiro atoms. The molecule has 0 saturated heterocycles. The van der Waals surface area contributed by atoms with Gasteiger partial charge in [-0.2, -0.15) is 0 Å². The molecule has 0 amide bonds. The van der Waals surface area contributed by atoms with Crippen LogP contribution in [-0.2, 0) is 0 Å². The molecule has 2 N–H and O–H groups in total. The van der Waals surface area contributed by atoms with Gasteiger partial charge in [-0.3, -0.25) is 0 Å². The molecular formula is C8H17O2. The van der Waals surface area contributed by atoms with Crippen LogP contribution in [0.5, 0.6) is 0 Å². The van der Waals surface area contributed by atoms with Crippen molar-refractivity contribution in [2.45, 2.75) is 45.3 Å². The summed E-state index contributed by atoms with van der Waals surface area (Å²) in [4.78, 5) is 0. The Morgan fingerprint density at radius 2 is 1.90 bits per heavy atom. The first-order valence-corrected chi connectivity index (χ1v) is 3.86. The van der Waals surface area contributed by atoms with Crippen LogP contribution in [0.4, 0.5) is 0 Å². The first-order valence-electron chi connectivity index (χ1n) is 3.86. The molecule has 2 atom stereocenters. The molecule has 2 heteroatoms. The van der Waals surface area contributed by atoms with Gasteiger partial charge in [0.05, 0.1) is 12.2 Å². The zero-order valence-electron chi connectivity index (χ0n) is 6.75. The maximum absolute atomic E-state index is 9.18. The summed E-state index contributed by atoms with van der Waals surface area (Å²) in [5.74, 6) is 0. The molecule has 0 aliphatic rings. The highest BCUT2D eigenvalue weighted by atomic mass is 16.3. The highest BCUT2D eigenvalue weighted by Crippen LogP contribution is 2.06. The molecule has 0 aliphatic carbocycles. The number of aliphatic hydroxyl groups is 2. The molecular weight excluding hydrogens is 128 g/mol. The van der Waals surface area contributed by atoms with Crippen LogP contribution in [0.2, 0.25) is 0 Å². The van der Waals surface area contributed by atoms with Crippen molar-refractivity contribution < 1.29 is 10.2 Å². The van der Waals surface area contributed by atoms with Crippen LogP contribution >= 0.6 is 0 Å². The third kappa shape index (κ3) is 3.85. The minimum atomic E-state index is -0.565. The average molecular weight is 145 g/mol. The first-order chi connectivity index (χ1) is 4.72. The van der Waals surface area contributed by atoms with Crippen LogP contribution in [0.1, 0.15) is 33.1 Å². The Balaban J connectivity index is 3.38. The Hall–Kier alpha value is -0.0800. The van der Waals surface area contributed by atoms with Crippen molar-refractivity contribution in [3.63, 3.8) is 0 Å². The van der Waals surface area contributed by atoms with Gasteiger partial charge in [-0.15, -0.1) is 0 Å². The lowest BCUT2D eigenvalue weighted by atomic mass is 10.1. The van der Waals surface area contributed by atoms with Crippen molar-refractivity contribution >= 4 is 0 Å². The lowest BCUT2D eigenvalue weighted by Gasteiger charge is -2.15. The zero-order valence-corrected chi connectivity index (χ0v) is 6.75. The molecule has 2 unspecified atom stereocenters. The van der Waals surface area contributed by atoms with E-state index in [9.17, 15) is 5.11 Å². The minimum absolute atomic E-state index is 0.541. The van der Waals surface area contributed by atoms with Gasteiger partial charge in [0.15, 0.2) is 0 Å². The van der Waals surface area contributed by atoms with Crippen molar-refractivity contribution in [3.05, 3.63) is 6.42 Å². The second kappa shape index (κ2) is 5.69. The monoisotopic (exact) mass is 145 g/mol. The molecule has 61 valence electrons. The number of hydrogen-bond acceptors (Lipinski definition) is 2. The Bertz CT molecular complexity index is 63.7. The highest BCUT2D eigenvalue weighted by molar-refractivity contribution is 4.71. The molecule has 1 radical (unpaired) electrons. The Labute approximate surface area is 62.9 Å². The van der Waals surface area contributed by atoms with E-state index in [0.29, 0.717) is 12.8 Å². The summed E-state index contributed by atoms with van der Waals surface area (Å²) in [7, 11) is 0. The number of rotatable bonds is 5. The third-order valence-corrected chi connectivity index (χ3v) is 1.51. The average Bonchev–Trinajstić information content (AvgIpc) is 1.89. The predicted molar refractivity (Wildman–Crippen MR) is 41.5 cm³/mol. The van der Waals surface area contributed by atoms with Crippen LogP contribution in [0.25, 0.3) is 0 Å². The third-order valence-electron chi connectivity index (χ3n) is 1.51. The topological polar surface area (TPSA) is 40.5 Å². The summed E-state index contributed by atoms with van der Waals surface area (Å²) < 4.78 is 0. The molecule has 2 nitrogen and oxygen atoms in total. The van der Waals surface area contributed by atoms with Gasteiger partial charge in [-0.1, -0.05) is 20.3 Å². The summed E-state index contributed by atoms with van der Waals surface area (Å²) in [5, 5.41) is 18.3. The summed E-state index contributed by atoms with van der Waals surface area (Å²) in [6.07, 6.45) is 2.95. The van der Waals surface area contributed by atoms with Crippen molar-refractivity contribution in [2.24, 2.45) is 0 Å². The maximum atomic E-state index is 9.18. The smallest absolute Gasteiger partial charge is 0.0801 e. The van der Waals surface area contributed by atoms with E-state index in [-0.39, 0.29) is 0 Å². The van der Waals surface area contributed by atoms with Gasteiger partial charge in [0, 0.05) is 0 Å². The SMILES string of the molecule is C[CH]CC(O)C(O)CCC. The second-order valence-corrected chi connectivity index (χ2v) is 2.57. The Kier molecular flexibility index (Phi) is 5.64. The molecule has 0 heterocycles. The Morgan fingerprint density at radius 1 is 1.30 bits per heavy atom. The van der Waals surface area contributed by atoms with Crippen molar-refractivity contribution in [1.29, 1.82) is 0 Å². The molecule has 10 heavy (non-hydrogen) atoms. The molecule has 0 aromatic heterocycles. The van der Waals surface area contributed by atoms with Crippen LogP contribution in [0.15, 0.2) is 0 Å². The van der Waals surface area contributed by atoms with Crippen molar-refractivity contribution in [1.82, 2.24) is 0 Å². The van der Waals surface area contributed by atoms with E-state index in [1.807, 2.05) is 20.3 Å². The molecule has 0 saturated carbocycles. The minimum Gasteiger partial charge on any atom is -0.390 e. The lowest BCUT2D eigenvalue weighted by molar-refractivity contribution is 0.0143. The fourth-order valence-electron chi connectivity index (χ4n) is 0.887. The fourth-order valence-corrected chi connectivity index (χ4v) is 0.887. The van der Waals surface area contributed by atoms with E-state index in [2.05, 4.69) is 0 Å². The van der Waals surface area contributed by atoms with E-state index in [1.54, 1.807) is 0 Å². The second-order valence-electron chi connectivity index (χ2n) is 2.57. The maximum Gasteiger partial charge on any atom is 0.0801 e.